The first-order valence-electron chi connectivity index (χ1n) is 8.28. The summed E-state index contributed by atoms with van der Waals surface area (Å²) in [5, 5.41) is 0. The molecule has 0 unspecified atom stereocenters. The smallest absolute Gasteiger partial charge is 0.203 e. The van der Waals surface area contributed by atoms with Gasteiger partial charge in [0.2, 0.25) is 5.75 Å². The number of nitrogens with zero attached hydrogens (tertiary/aromatic N) is 2. The van der Waals surface area contributed by atoms with Gasteiger partial charge in [-0.1, -0.05) is 18.2 Å². The molecule has 1 heterocycles. The van der Waals surface area contributed by atoms with Crippen LogP contribution in [0.2, 0.25) is 0 Å². The number of aromatic nitrogens is 1. The Morgan fingerprint density at radius 3 is 2.15 bits per heavy atom. The van der Waals surface area contributed by atoms with E-state index in [9.17, 15) is 0 Å². The van der Waals surface area contributed by atoms with Crippen molar-refractivity contribution in [1.29, 1.82) is 0 Å². The van der Waals surface area contributed by atoms with Gasteiger partial charge in [-0.2, -0.15) is 0 Å². The van der Waals surface area contributed by atoms with Crippen LogP contribution in [0.25, 0.3) is 5.69 Å². The molecule has 0 bridgehead atoms. The van der Waals surface area contributed by atoms with Crippen molar-refractivity contribution in [1.82, 2.24) is 4.57 Å². The number of methoxy groups -OCH3 is 3. The maximum Gasteiger partial charge on any atom is 0.203 e. The second kappa shape index (κ2) is 8.25. The van der Waals surface area contributed by atoms with Crippen LogP contribution in [0.3, 0.4) is 0 Å². The third kappa shape index (κ3) is 3.72. The molecule has 0 amide bonds. The van der Waals surface area contributed by atoms with Gasteiger partial charge in [0.05, 0.1) is 27.9 Å². The van der Waals surface area contributed by atoms with Gasteiger partial charge in [-0.25, -0.2) is 0 Å². The van der Waals surface area contributed by atoms with E-state index in [-0.39, 0.29) is 0 Å². The molecule has 0 fully saturated rings. The van der Waals surface area contributed by atoms with E-state index in [1.165, 1.54) is 0 Å². The fraction of sp³-hybridized carbons (Fsp3) is 0.190. The highest BCUT2D eigenvalue weighted by Crippen LogP contribution is 2.37. The van der Waals surface area contributed by atoms with Gasteiger partial charge < -0.3 is 18.8 Å². The zero-order valence-corrected chi connectivity index (χ0v) is 15.2. The van der Waals surface area contributed by atoms with Crippen molar-refractivity contribution in [2.75, 3.05) is 21.3 Å². The van der Waals surface area contributed by atoms with E-state index in [2.05, 4.69) is 21.7 Å². The van der Waals surface area contributed by atoms with E-state index < -0.39 is 0 Å². The Hall–Kier alpha value is -3.21. The van der Waals surface area contributed by atoms with Crippen molar-refractivity contribution in [3.63, 3.8) is 0 Å². The standard InChI is InChI=1S/C21H22N2O3/c1-24-19-12-16(13-20(25-2)21(19)26-3)14-22-15-17-8-4-5-9-18(17)23-10-6-7-11-23/h4-14H,15H2,1-3H3. The Kier molecular flexibility index (Phi) is 5.59. The monoisotopic (exact) mass is 350 g/mol. The van der Waals surface area contributed by atoms with E-state index in [1.807, 2.05) is 55.0 Å². The molecule has 0 spiro atoms. The summed E-state index contributed by atoms with van der Waals surface area (Å²) in [6.07, 6.45) is 5.88. The number of ether oxygens (including phenoxy) is 3. The molecular formula is C21H22N2O3. The maximum atomic E-state index is 5.38. The van der Waals surface area contributed by atoms with Gasteiger partial charge in [-0.05, 0) is 41.5 Å². The number of hydrogen-bond donors (Lipinski definition) is 0. The molecule has 26 heavy (non-hydrogen) atoms. The van der Waals surface area contributed by atoms with E-state index in [0.717, 1.165) is 16.8 Å². The topological polar surface area (TPSA) is 45.0 Å². The van der Waals surface area contributed by atoms with Crippen LogP contribution in [-0.4, -0.2) is 32.1 Å². The third-order valence-electron chi connectivity index (χ3n) is 4.06. The average Bonchev–Trinajstić information content (AvgIpc) is 3.22. The molecule has 0 radical (unpaired) electrons. The van der Waals surface area contributed by atoms with Crippen molar-refractivity contribution in [2.24, 2.45) is 4.99 Å². The minimum atomic E-state index is 0.574. The molecule has 3 rings (SSSR count). The van der Waals surface area contributed by atoms with Crippen LogP contribution < -0.4 is 14.2 Å². The highest BCUT2D eigenvalue weighted by atomic mass is 16.5. The first-order chi connectivity index (χ1) is 12.8. The molecule has 134 valence electrons. The lowest BCUT2D eigenvalue weighted by Crippen LogP contribution is -1.98. The number of para-hydroxylation sites is 1. The summed E-state index contributed by atoms with van der Waals surface area (Å²) in [7, 11) is 4.80. The summed E-state index contributed by atoms with van der Waals surface area (Å²) in [6, 6.07) is 16.0. The largest absolute Gasteiger partial charge is 0.493 e. The lowest BCUT2D eigenvalue weighted by atomic mass is 10.1. The Morgan fingerprint density at radius 2 is 1.54 bits per heavy atom. The number of benzene rings is 2. The summed E-state index contributed by atoms with van der Waals surface area (Å²) in [5.41, 5.74) is 3.16. The summed E-state index contributed by atoms with van der Waals surface area (Å²) < 4.78 is 18.2. The van der Waals surface area contributed by atoms with Crippen molar-refractivity contribution in [2.45, 2.75) is 6.54 Å². The fourth-order valence-corrected chi connectivity index (χ4v) is 2.82. The van der Waals surface area contributed by atoms with Crippen LogP contribution in [0.1, 0.15) is 11.1 Å². The molecule has 0 saturated heterocycles. The molecule has 5 heteroatoms. The lowest BCUT2D eigenvalue weighted by molar-refractivity contribution is 0.324. The van der Waals surface area contributed by atoms with Crippen LogP contribution in [0, 0.1) is 0 Å². The molecule has 0 saturated carbocycles. The van der Waals surface area contributed by atoms with Crippen molar-refractivity contribution < 1.29 is 14.2 Å². The zero-order valence-electron chi connectivity index (χ0n) is 15.2. The zero-order chi connectivity index (χ0) is 18.4. The first kappa shape index (κ1) is 17.6. The van der Waals surface area contributed by atoms with Gasteiger partial charge in [0.25, 0.3) is 0 Å². The van der Waals surface area contributed by atoms with E-state index in [4.69, 9.17) is 14.2 Å². The van der Waals surface area contributed by atoms with Crippen LogP contribution in [0.4, 0.5) is 0 Å². The second-order valence-electron chi connectivity index (χ2n) is 5.65. The van der Waals surface area contributed by atoms with Crippen molar-refractivity contribution >= 4 is 6.21 Å². The summed E-state index contributed by atoms with van der Waals surface area (Å²) >= 11 is 0. The number of rotatable bonds is 7. The predicted molar refractivity (Wildman–Crippen MR) is 103 cm³/mol. The van der Waals surface area contributed by atoms with Gasteiger partial charge in [0, 0.05) is 24.3 Å². The maximum absolute atomic E-state index is 5.38. The van der Waals surface area contributed by atoms with Crippen molar-refractivity contribution in [3.8, 4) is 22.9 Å². The number of hydrogen-bond acceptors (Lipinski definition) is 4. The molecule has 2 aromatic carbocycles. The number of aliphatic imine (C=N–C) groups is 1. The molecule has 0 aliphatic heterocycles. The minimum Gasteiger partial charge on any atom is -0.493 e. The molecule has 0 N–H and O–H groups in total. The van der Waals surface area contributed by atoms with Gasteiger partial charge in [-0.3, -0.25) is 4.99 Å². The van der Waals surface area contributed by atoms with Gasteiger partial charge in [-0.15, -0.1) is 0 Å². The Morgan fingerprint density at radius 1 is 0.885 bits per heavy atom. The van der Waals surface area contributed by atoms with Crippen LogP contribution >= 0.6 is 0 Å². The van der Waals surface area contributed by atoms with Crippen molar-refractivity contribution in [3.05, 3.63) is 72.1 Å². The van der Waals surface area contributed by atoms with E-state index >= 15 is 0 Å². The molecular weight excluding hydrogens is 328 g/mol. The van der Waals surface area contributed by atoms with Crippen LogP contribution in [-0.2, 0) is 6.54 Å². The van der Waals surface area contributed by atoms with Gasteiger partial charge >= 0.3 is 0 Å². The summed E-state index contributed by atoms with van der Waals surface area (Å²) in [5.74, 6) is 1.80. The fourth-order valence-electron chi connectivity index (χ4n) is 2.82. The highest BCUT2D eigenvalue weighted by molar-refractivity contribution is 5.82. The highest BCUT2D eigenvalue weighted by Gasteiger charge is 2.12. The van der Waals surface area contributed by atoms with Gasteiger partial charge in [0.1, 0.15) is 0 Å². The summed E-state index contributed by atoms with van der Waals surface area (Å²) in [4.78, 5) is 4.60. The van der Waals surface area contributed by atoms with Crippen LogP contribution in [0.5, 0.6) is 17.2 Å². The first-order valence-corrected chi connectivity index (χ1v) is 8.28. The SMILES string of the molecule is COc1cc(C=NCc2ccccc2-n2cccc2)cc(OC)c1OC. The normalized spacial score (nSPS) is 10.9. The average molecular weight is 350 g/mol. The Labute approximate surface area is 153 Å². The minimum absolute atomic E-state index is 0.574. The molecule has 0 aliphatic carbocycles. The molecule has 5 nitrogen and oxygen atoms in total. The van der Waals surface area contributed by atoms with Gasteiger partial charge in [0.15, 0.2) is 11.5 Å². The lowest BCUT2D eigenvalue weighted by Gasteiger charge is -2.12. The third-order valence-corrected chi connectivity index (χ3v) is 4.06. The molecule has 3 aromatic rings. The molecule has 0 aliphatic rings. The van der Waals surface area contributed by atoms with E-state index in [0.29, 0.717) is 23.8 Å². The second-order valence-corrected chi connectivity index (χ2v) is 5.65. The molecule has 0 atom stereocenters. The van der Waals surface area contributed by atoms with Crippen LogP contribution in [0.15, 0.2) is 65.9 Å². The Balaban J connectivity index is 1.84. The molecule has 1 aromatic heterocycles. The predicted octanol–water partition coefficient (Wildman–Crippen LogP) is 4.12. The quantitative estimate of drug-likeness (QED) is 0.602. The van der Waals surface area contributed by atoms with E-state index in [1.54, 1.807) is 21.3 Å². The Bertz CT molecular complexity index is 861. The summed E-state index contributed by atoms with van der Waals surface area (Å²) in [6.45, 7) is 0.574.